The van der Waals surface area contributed by atoms with Gasteiger partial charge in [0.15, 0.2) is 11.5 Å². The van der Waals surface area contributed by atoms with Crippen molar-refractivity contribution in [3.8, 4) is 11.5 Å². The lowest BCUT2D eigenvalue weighted by molar-refractivity contribution is -0.114. The molecule has 0 fully saturated rings. The zero-order valence-corrected chi connectivity index (χ0v) is 14.4. The van der Waals surface area contributed by atoms with Crippen LogP contribution in [-0.4, -0.2) is 32.8 Å². The molecule has 9 heteroatoms. The summed E-state index contributed by atoms with van der Waals surface area (Å²) in [5.74, 6) is -0.0254. The Hall–Kier alpha value is -3.07. The fourth-order valence-electron chi connectivity index (χ4n) is 1.92. The number of hydrogen-bond donors (Lipinski definition) is 3. The molecule has 2 aromatic rings. The Balaban J connectivity index is 2.09. The number of methoxy groups -OCH3 is 1. The largest absolute Gasteiger partial charge is 0.504 e. The maximum atomic E-state index is 12.2. The van der Waals surface area contributed by atoms with E-state index in [1.54, 1.807) is 6.07 Å². The average Bonchev–Trinajstić information content (AvgIpc) is 2.56. The fourth-order valence-corrected chi connectivity index (χ4v) is 2.71. The highest BCUT2D eigenvalue weighted by Gasteiger charge is 2.12. The van der Waals surface area contributed by atoms with Crippen LogP contribution in [-0.2, 0) is 14.8 Å². The van der Waals surface area contributed by atoms with Gasteiger partial charge in [0.2, 0.25) is 5.91 Å². The third-order valence-electron chi connectivity index (χ3n) is 3.08. The lowest BCUT2D eigenvalue weighted by Gasteiger charge is -2.06. The fraction of sp³-hybridized carbons (Fsp3) is 0.125. The molecule has 132 valence electrons. The van der Waals surface area contributed by atoms with Gasteiger partial charge in [0.05, 0.1) is 18.2 Å². The summed E-state index contributed by atoms with van der Waals surface area (Å²) in [5.41, 5.74) is 1.03. The molecule has 0 aromatic heterocycles. The number of sulfonamides is 1. The Morgan fingerprint density at radius 2 is 1.88 bits per heavy atom. The van der Waals surface area contributed by atoms with Crippen LogP contribution in [0.3, 0.4) is 0 Å². The summed E-state index contributed by atoms with van der Waals surface area (Å²) >= 11 is 0. The number of carbonyl (C=O) groups excluding carboxylic acids is 1. The maximum Gasteiger partial charge on any atom is 0.276 e. The number of nitrogens with one attached hydrogen (secondary N) is 2. The van der Waals surface area contributed by atoms with Crippen molar-refractivity contribution in [3.05, 3.63) is 48.0 Å². The number of anilines is 1. The van der Waals surface area contributed by atoms with Crippen molar-refractivity contribution in [1.29, 1.82) is 0 Å². The van der Waals surface area contributed by atoms with E-state index >= 15 is 0 Å². The van der Waals surface area contributed by atoms with E-state index in [0.29, 0.717) is 11.3 Å². The molecule has 0 atom stereocenters. The van der Waals surface area contributed by atoms with Crippen LogP contribution < -0.4 is 14.9 Å². The monoisotopic (exact) mass is 363 g/mol. The first-order valence-electron chi connectivity index (χ1n) is 7.11. The van der Waals surface area contributed by atoms with E-state index in [1.807, 2.05) is 0 Å². The SMILES string of the molecule is COc1cc(C=NNS(=O)(=O)c2ccc(NC(C)=O)cc2)ccc1O. The molecule has 0 unspecified atom stereocenters. The quantitative estimate of drug-likeness (QED) is 0.533. The molecule has 0 radical (unpaired) electrons. The van der Waals surface area contributed by atoms with Crippen LogP contribution in [0, 0.1) is 0 Å². The number of hydrogen-bond acceptors (Lipinski definition) is 6. The van der Waals surface area contributed by atoms with Crippen LogP contribution in [0.2, 0.25) is 0 Å². The average molecular weight is 363 g/mol. The third-order valence-corrected chi connectivity index (χ3v) is 4.31. The smallest absolute Gasteiger partial charge is 0.276 e. The molecule has 0 aliphatic heterocycles. The number of nitrogens with zero attached hydrogens (tertiary/aromatic N) is 1. The molecule has 2 aromatic carbocycles. The number of hydrazone groups is 1. The highest BCUT2D eigenvalue weighted by molar-refractivity contribution is 7.89. The zero-order chi connectivity index (χ0) is 18.4. The van der Waals surface area contributed by atoms with E-state index in [4.69, 9.17) is 4.74 Å². The summed E-state index contributed by atoms with van der Waals surface area (Å²) in [6, 6.07) is 10.1. The summed E-state index contributed by atoms with van der Waals surface area (Å²) in [5, 5.41) is 15.8. The standard InChI is InChI=1S/C16H17N3O5S/c1-11(20)18-13-4-6-14(7-5-13)25(22,23)19-17-10-12-3-8-15(21)16(9-12)24-2/h3-10,19,21H,1-2H3,(H,18,20). The Kier molecular flexibility index (Phi) is 5.60. The lowest BCUT2D eigenvalue weighted by Crippen LogP contribution is -2.18. The van der Waals surface area contributed by atoms with Gasteiger partial charge in [-0.1, -0.05) is 0 Å². The second kappa shape index (κ2) is 7.67. The van der Waals surface area contributed by atoms with Crippen LogP contribution in [0.25, 0.3) is 0 Å². The number of phenolic OH excluding ortho intramolecular Hbond substituents is 1. The summed E-state index contributed by atoms with van der Waals surface area (Å²) < 4.78 is 29.3. The first-order chi connectivity index (χ1) is 11.8. The van der Waals surface area contributed by atoms with Gasteiger partial charge in [0.1, 0.15) is 0 Å². The first-order valence-corrected chi connectivity index (χ1v) is 8.59. The van der Waals surface area contributed by atoms with Crippen molar-refractivity contribution < 1.29 is 23.1 Å². The molecule has 0 heterocycles. The molecule has 0 aliphatic carbocycles. The van der Waals surface area contributed by atoms with Gasteiger partial charge >= 0.3 is 0 Å². The molecule has 3 N–H and O–H groups in total. The topological polar surface area (TPSA) is 117 Å². The first kappa shape index (κ1) is 18.3. The molecule has 0 saturated carbocycles. The van der Waals surface area contributed by atoms with Gasteiger partial charge < -0.3 is 15.2 Å². The lowest BCUT2D eigenvalue weighted by atomic mass is 10.2. The van der Waals surface area contributed by atoms with Gasteiger partial charge in [-0.3, -0.25) is 4.79 Å². The molecule has 25 heavy (non-hydrogen) atoms. The van der Waals surface area contributed by atoms with Gasteiger partial charge in [-0.2, -0.15) is 13.5 Å². The highest BCUT2D eigenvalue weighted by atomic mass is 32.2. The van der Waals surface area contributed by atoms with Gasteiger partial charge in [-0.05, 0) is 48.0 Å². The number of ether oxygens (including phenoxy) is 1. The Labute approximate surface area is 145 Å². The predicted molar refractivity (Wildman–Crippen MR) is 93.3 cm³/mol. The third kappa shape index (κ3) is 4.95. The summed E-state index contributed by atoms with van der Waals surface area (Å²) in [6.45, 7) is 1.36. The Morgan fingerprint density at radius 1 is 1.20 bits per heavy atom. The number of amides is 1. The molecular formula is C16H17N3O5S. The van der Waals surface area contributed by atoms with Crippen molar-refractivity contribution in [1.82, 2.24) is 4.83 Å². The molecule has 0 spiro atoms. The molecule has 0 bridgehead atoms. The Bertz CT molecular complexity index is 892. The van der Waals surface area contributed by atoms with Gasteiger partial charge in [0.25, 0.3) is 10.0 Å². The van der Waals surface area contributed by atoms with Crippen LogP contribution in [0.5, 0.6) is 11.5 Å². The van der Waals surface area contributed by atoms with Crippen molar-refractivity contribution >= 4 is 27.8 Å². The van der Waals surface area contributed by atoms with E-state index in [9.17, 15) is 18.3 Å². The predicted octanol–water partition coefficient (Wildman–Crippen LogP) is 1.67. The molecule has 0 aliphatic rings. The van der Waals surface area contributed by atoms with Crippen molar-refractivity contribution in [3.63, 3.8) is 0 Å². The summed E-state index contributed by atoms with van der Waals surface area (Å²) in [7, 11) is -2.43. The van der Waals surface area contributed by atoms with Crippen LogP contribution in [0.15, 0.2) is 52.5 Å². The number of aromatic hydroxyl groups is 1. The Morgan fingerprint density at radius 3 is 2.48 bits per heavy atom. The minimum Gasteiger partial charge on any atom is -0.504 e. The summed E-state index contributed by atoms with van der Waals surface area (Å²) in [4.78, 5) is 13.0. The number of rotatable bonds is 6. The summed E-state index contributed by atoms with van der Waals surface area (Å²) in [6.07, 6.45) is 1.28. The zero-order valence-electron chi connectivity index (χ0n) is 13.6. The normalized spacial score (nSPS) is 11.3. The van der Waals surface area contributed by atoms with Crippen molar-refractivity contribution in [2.75, 3.05) is 12.4 Å². The van der Waals surface area contributed by atoms with Crippen LogP contribution in [0.4, 0.5) is 5.69 Å². The molecule has 1 amide bonds. The maximum absolute atomic E-state index is 12.2. The second-order valence-electron chi connectivity index (χ2n) is 4.99. The van der Waals surface area contributed by atoms with Crippen LogP contribution in [0.1, 0.15) is 12.5 Å². The van der Waals surface area contributed by atoms with Crippen molar-refractivity contribution in [2.24, 2.45) is 5.10 Å². The van der Waals surface area contributed by atoms with E-state index in [1.165, 1.54) is 56.6 Å². The second-order valence-corrected chi connectivity index (χ2v) is 6.65. The number of benzene rings is 2. The number of carbonyl (C=O) groups is 1. The molecular weight excluding hydrogens is 346 g/mol. The van der Waals surface area contributed by atoms with E-state index in [0.717, 1.165) is 0 Å². The highest BCUT2D eigenvalue weighted by Crippen LogP contribution is 2.25. The van der Waals surface area contributed by atoms with E-state index in [-0.39, 0.29) is 22.3 Å². The number of phenols is 1. The molecule has 8 nitrogen and oxygen atoms in total. The minimum atomic E-state index is -3.84. The van der Waals surface area contributed by atoms with Crippen molar-refractivity contribution in [2.45, 2.75) is 11.8 Å². The minimum absolute atomic E-state index is 0.00189. The van der Waals surface area contributed by atoms with Gasteiger partial charge in [-0.25, -0.2) is 4.83 Å². The van der Waals surface area contributed by atoms with Gasteiger partial charge in [0, 0.05) is 12.6 Å². The van der Waals surface area contributed by atoms with Crippen LogP contribution >= 0.6 is 0 Å². The van der Waals surface area contributed by atoms with Gasteiger partial charge in [-0.15, -0.1) is 0 Å². The molecule has 2 rings (SSSR count). The van der Waals surface area contributed by atoms with E-state index < -0.39 is 10.0 Å². The molecule has 0 saturated heterocycles. The van der Waals surface area contributed by atoms with E-state index in [2.05, 4.69) is 15.2 Å².